The van der Waals surface area contributed by atoms with E-state index < -0.39 is 0 Å². The van der Waals surface area contributed by atoms with Crippen LogP contribution in [0.25, 0.3) is 0 Å². The smallest absolute Gasteiger partial charge is 0.136 e. The highest BCUT2D eigenvalue weighted by Gasteiger charge is 2.11. The van der Waals surface area contributed by atoms with E-state index in [4.69, 9.17) is 10.5 Å². The van der Waals surface area contributed by atoms with Gasteiger partial charge in [0.25, 0.3) is 0 Å². The summed E-state index contributed by atoms with van der Waals surface area (Å²) in [6, 6.07) is 11.8. The third-order valence-corrected chi connectivity index (χ3v) is 2.90. The van der Waals surface area contributed by atoms with E-state index in [0.29, 0.717) is 6.54 Å². The van der Waals surface area contributed by atoms with Crippen molar-refractivity contribution >= 4 is 5.69 Å². The van der Waals surface area contributed by atoms with Crippen LogP contribution in [0, 0.1) is 0 Å². The Morgan fingerprint density at radius 3 is 2.58 bits per heavy atom. The van der Waals surface area contributed by atoms with Gasteiger partial charge in [0, 0.05) is 44.8 Å². The number of nitrogens with two attached hydrogens (primary N) is 1. The monoisotopic (exact) mass is 257 g/mol. The van der Waals surface area contributed by atoms with E-state index in [1.165, 1.54) is 0 Å². The SMILES string of the molecule is CN(C)c1cccc(OC(CN)c2ccncc2)c1. The summed E-state index contributed by atoms with van der Waals surface area (Å²) in [5, 5.41) is 0. The third-order valence-electron chi connectivity index (χ3n) is 2.90. The van der Waals surface area contributed by atoms with E-state index in [-0.39, 0.29) is 6.10 Å². The minimum absolute atomic E-state index is 0.152. The molecule has 2 rings (SSSR count). The van der Waals surface area contributed by atoms with Crippen LogP contribution in [0.2, 0.25) is 0 Å². The summed E-state index contributed by atoms with van der Waals surface area (Å²) in [5.41, 5.74) is 7.93. The first-order chi connectivity index (χ1) is 9.20. The first-order valence-electron chi connectivity index (χ1n) is 6.24. The molecule has 2 aromatic rings. The molecule has 0 amide bonds. The number of benzene rings is 1. The Bertz CT molecular complexity index is 514. The van der Waals surface area contributed by atoms with Crippen molar-refractivity contribution in [1.82, 2.24) is 4.98 Å². The number of aromatic nitrogens is 1. The maximum absolute atomic E-state index is 5.96. The van der Waals surface area contributed by atoms with Gasteiger partial charge in [-0.2, -0.15) is 0 Å². The highest BCUT2D eigenvalue weighted by molar-refractivity contribution is 5.49. The molecule has 0 fully saturated rings. The van der Waals surface area contributed by atoms with Crippen LogP contribution in [0.5, 0.6) is 5.75 Å². The molecule has 2 N–H and O–H groups in total. The summed E-state index contributed by atoms with van der Waals surface area (Å²) >= 11 is 0. The van der Waals surface area contributed by atoms with Crippen molar-refractivity contribution in [2.75, 3.05) is 25.5 Å². The van der Waals surface area contributed by atoms with Gasteiger partial charge >= 0.3 is 0 Å². The molecular formula is C15H19N3O. The molecule has 1 unspecified atom stereocenters. The summed E-state index contributed by atoms with van der Waals surface area (Å²) in [6.45, 7) is 0.427. The second-order valence-electron chi connectivity index (χ2n) is 4.51. The van der Waals surface area contributed by atoms with Crippen molar-refractivity contribution < 1.29 is 4.74 Å². The predicted octanol–water partition coefficient (Wildman–Crippen LogP) is 2.23. The van der Waals surface area contributed by atoms with Gasteiger partial charge in [-0.05, 0) is 29.8 Å². The first-order valence-corrected chi connectivity index (χ1v) is 6.24. The fourth-order valence-corrected chi connectivity index (χ4v) is 1.83. The second-order valence-corrected chi connectivity index (χ2v) is 4.51. The molecule has 19 heavy (non-hydrogen) atoms. The van der Waals surface area contributed by atoms with Crippen LogP contribution < -0.4 is 15.4 Å². The minimum atomic E-state index is -0.152. The van der Waals surface area contributed by atoms with Crippen LogP contribution in [-0.2, 0) is 0 Å². The molecule has 0 saturated heterocycles. The maximum atomic E-state index is 5.96. The zero-order valence-corrected chi connectivity index (χ0v) is 11.3. The lowest BCUT2D eigenvalue weighted by atomic mass is 10.1. The summed E-state index contributed by atoms with van der Waals surface area (Å²) in [4.78, 5) is 6.04. The molecule has 0 aliphatic carbocycles. The average molecular weight is 257 g/mol. The molecule has 4 nitrogen and oxygen atoms in total. The van der Waals surface area contributed by atoms with E-state index in [0.717, 1.165) is 17.0 Å². The molecule has 0 saturated carbocycles. The second kappa shape index (κ2) is 6.20. The van der Waals surface area contributed by atoms with Gasteiger partial charge in [0.05, 0.1) is 0 Å². The number of anilines is 1. The Kier molecular flexibility index (Phi) is 4.36. The number of hydrogen-bond acceptors (Lipinski definition) is 4. The molecule has 1 heterocycles. The quantitative estimate of drug-likeness (QED) is 0.892. The normalized spacial score (nSPS) is 11.9. The Hall–Kier alpha value is -2.07. The van der Waals surface area contributed by atoms with Crippen molar-refractivity contribution in [3.05, 3.63) is 54.4 Å². The minimum Gasteiger partial charge on any atom is -0.484 e. The zero-order chi connectivity index (χ0) is 13.7. The van der Waals surface area contributed by atoms with Crippen molar-refractivity contribution in [2.45, 2.75) is 6.10 Å². The lowest BCUT2D eigenvalue weighted by Crippen LogP contribution is -2.18. The first kappa shape index (κ1) is 13.4. The number of rotatable bonds is 5. The van der Waals surface area contributed by atoms with Crippen molar-refractivity contribution in [3.63, 3.8) is 0 Å². The van der Waals surface area contributed by atoms with Gasteiger partial charge in [0.2, 0.25) is 0 Å². The fourth-order valence-electron chi connectivity index (χ4n) is 1.83. The molecule has 1 aromatic carbocycles. The molecule has 1 aromatic heterocycles. The molecule has 0 aliphatic heterocycles. The maximum Gasteiger partial charge on any atom is 0.136 e. The van der Waals surface area contributed by atoms with Crippen LogP contribution in [0.1, 0.15) is 11.7 Å². The van der Waals surface area contributed by atoms with Crippen LogP contribution in [-0.4, -0.2) is 25.6 Å². The average Bonchev–Trinajstić information content (AvgIpc) is 2.46. The van der Waals surface area contributed by atoms with Crippen LogP contribution >= 0.6 is 0 Å². The number of nitrogens with zero attached hydrogens (tertiary/aromatic N) is 2. The number of hydrogen-bond donors (Lipinski definition) is 1. The van der Waals surface area contributed by atoms with Gasteiger partial charge in [0.1, 0.15) is 11.9 Å². The highest BCUT2D eigenvalue weighted by Crippen LogP contribution is 2.24. The van der Waals surface area contributed by atoms with Gasteiger partial charge in [0.15, 0.2) is 0 Å². The van der Waals surface area contributed by atoms with Crippen molar-refractivity contribution in [2.24, 2.45) is 5.73 Å². The zero-order valence-electron chi connectivity index (χ0n) is 11.3. The summed E-state index contributed by atoms with van der Waals surface area (Å²) in [6.07, 6.45) is 3.34. The molecule has 0 radical (unpaired) electrons. The van der Waals surface area contributed by atoms with E-state index in [1.807, 2.05) is 55.4 Å². The Balaban J connectivity index is 2.17. The molecule has 0 spiro atoms. The summed E-state index contributed by atoms with van der Waals surface area (Å²) in [5.74, 6) is 0.818. The van der Waals surface area contributed by atoms with E-state index in [9.17, 15) is 0 Å². The fraction of sp³-hybridized carbons (Fsp3) is 0.267. The lowest BCUT2D eigenvalue weighted by molar-refractivity contribution is 0.214. The van der Waals surface area contributed by atoms with Gasteiger partial charge < -0.3 is 15.4 Å². The van der Waals surface area contributed by atoms with Gasteiger partial charge in [-0.25, -0.2) is 0 Å². The lowest BCUT2D eigenvalue weighted by Gasteiger charge is -2.19. The summed E-state index contributed by atoms with van der Waals surface area (Å²) in [7, 11) is 4.00. The molecule has 0 aliphatic rings. The largest absolute Gasteiger partial charge is 0.484 e. The summed E-state index contributed by atoms with van der Waals surface area (Å²) < 4.78 is 5.96. The van der Waals surface area contributed by atoms with Gasteiger partial charge in [-0.15, -0.1) is 0 Å². The van der Waals surface area contributed by atoms with Gasteiger partial charge in [-0.1, -0.05) is 6.07 Å². The number of ether oxygens (including phenoxy) is 1. The van der Waals surface area contributed by atoms with Crippen LogP contribution in [0.15, 0.2) is 48.8 Å². The topological polar surface area (TPSA) is 51.4 Å². The predicted molar refractivity (Wildman–Crippen MR) is 77.4 cm³/mol. The van der Waals surface area contributed by atoms with Crippen molar-refractivity contribution in [1.29, 1.82) is 0 Å². The molecular weight excluding hydrogens is 238 g/mol. The Morgan fingerprint density at radius 1 is 1.21 bits per heavy atom. The molecule has 1 atom stereocenters. The molecule has 4 heteroatoms. The van der Waals surface area contributed by atoms with E-state index in [2.05, 4.69) is 4.98 Å². The molecule has 100 valence electrons. The number of pyridine rings is 1. The van der Waals surface area contributed by atoms with Gasteiger partial charge in [-0.3, -0.25) is 4.98 Å². The van der Waals surface area contributed by atoms with E-state index in [1.54, 1.807) is 12.4 Å². The highest BCUT2D eigenvalue weighted by atomic mass is 16.5. The molecule has 0 bridgehead atoms. The van der Waals surface area contributed by atoms with Crippen LogP contribution in [0.4, 0.5) is 5.69 Å². The standard InChI is InChI=1S/C15H19N3O/c1-18(2)13-4-3-5-14(10-13)19-15(11-16)12-6-8-17-9-7-12/h3-10,15H,11,16H2,1-2H3. The van der Waals surface area contributed by atoms with E-state index >= 15 is 0 Å². The third kappa shape index (κ3) is 3.45. The Labute approximate surface area is 113 Å². The van der Waals surface area contributed by atoms with Crippen LogP contribution in [0.3, 0.4) is 0 Å². The Morgan fingerprint density at radius 2 is 1.95 bits per heavy atom. The van der Waals surface area contributed by atoms with Crippen molar-refractivity contribution in [3.8, 4) is 5.75 Å².